The minimum Gasteiger partial charge on any atom is -0.497 e. The highest BCUT2D eigenvalue weighted by Gasteiger charge is 2.09. The maximum Gasteiger partial charge on any atom is 0.149 e. The van der Waals surface area contributed by atoms with Gasteiger partial charge in [0.25, 0.3) is 0 Å². The molecule has 0 saturated heterocycles. The van der Waals surface area contributed by atoms with E-state index in [1.165, 1.54) is 6.07 Å². The summed E-state index contributed by atoms with van der Waals surface area (Å²) >= 11 is 0. The van der Waals surface area contributed by atoms with Crippen LogP contribution >= 0.6 is 0 Å². The Hall–Kier alpha value is -2.14. The zero-order valence-electron chi connectivity index (χ0n) is 10.9. The van der Waals surface area contributed by atoms with E-state index in [1.807, 2.05) is 0 Å². The molecule has 0 aliphatic rings. The molecule has 0 radical (unpaired) electrons. The van der Waals surface area contributed by atoms with Crippen LogP contribution in [0.4, 0.5) is 14.5 Å². The van der Waals surface area contributed by atoms with Gasteiger partial charge in [0.15, 0.2) is 0 Å². The van der Waals surface area contributed by atoms with Crippen LogP contribution in [0.5, 0.6) is 5.75 Å². The first-order chi connectivity index (χ1) is 9.60. The molecule has 2 aromatic carbocycles. The number of nitrogens with one attached hydrogen (secondary N) is 1. The first kappa shape index (κ1) is 14.3. The summed E-state index contributed by atoms with van der Waals surface area (Å²) in [6, 6.07) is 10.2. The van der Waals surface area contributed by atoms with Crippen molar-refractivity contribution in [3.8, 4) is 5.75 Å². The van der Waals surface area contributed by atoms with Gasteiger partial charge < -0.3 is 15.2 Å². The van der Waals surface area contributed by atoms with Crippen LogP contribution in [-0.2, 0) is 0 Å². The molecule has 0 fully saturated rings. The molecule has 0 bridgehead atoms. The van der Waals surface area contributed by atoms with E-state index in [4.69, 9.17) is 4.74 Å². The first-order valence-corrected chi connectivity index (χ1v) is 6.11. The minimum absolute atomic E-state index is 0.120. The van der Waals surface area contributed by atoms with E-state index in [0.717, 1.165) is 12.1 Å². The number of benzene rings is 2. The van der Waals surface area contributed by atoms with Gasteiger partial charge in [0.1, 0.15) is 17.4 Å². The molecule has 0 spiro atoms. The standard InChI is InChI=1S/C15H15F2NO2/c1-20-12-5-2-10(3-6-12)15(19)9-18-14-7-4-11(16)8-13(14)17/h2-8,15,18-19H,9H2,1H3. The summed E-state index contributed by atoms with van der Waals surface area (Å²) in [5.41, 5.74) is 0.833. The highest BCUT2D eigenvalue weighted by Crippen LogP contribution is 2.20. The maximum absolute atomic E-state index is 13.4. The predicted octanol–water partition coefficient (Wildman–Crippen LogP) is 3.12. The van der Waals surface area contributed by atoms with E-state index in [9.17, 15) is 13.9 Å². The highest BCUT2D eigenvalue weighted by atomic mass is 19.1. The number of halogens is 2. The van der Waals surface area contributed by atoms with E-state index < -0.39 is 17.7 Å². The number of hydrogen-bond acceptors (Lipinski definition) is 3. The van der Waals surface area contributed by atoms with Crippen molar-refractivity contribution in [2.45, 2.75) is 6.10 Å². The summed E-state index contributed by atoms with van der Waals surface area (Å²) < 4.78 is 31.2. The van der Waals surface area contributed by atoms with Crippen molar-refractivity contribution < 1.29 is 18.6 Å². The molecule has 0 aromatic heterocycles. The van der Waals surface area contributed by atoms with Crippen molar-refractivity contribution in [1.29, 1.82) is 0 Å². The lowest BCUT2D eigenvalue weighted by Gasteiger charge is -2.14. The Morgan fingerprint density at radius 1 is 1.15 bits per heavy atom. The molecule has 1 unspecified atom stereocenters. The average Bonchev–Trinajstić information content (AvgIpc) is 2.46. The number of aliphatic hydroxyl groups excluding tert-OH is 1. The van der Waals surface area contributed by atoms with Gasteiger partial charge in [-0.05, 0) is 29.8 Å². The van der Waals surface area contributed by atoms with Crippen LogP contribution in [0.1, 0.15) is 11.7 Å². The molecule has 0 aliphatic heterocycles. The lowest BCUT2D eigenvalue weighted by atomic mass is 10.1. The quantitative estimate of drug-likeness (QED) is 0.883. The molecule has 106 valence electrons. The predicted molar refractivity (Wildman–Crippen MR) is 72.8 cm³/mol. The molecule has 5 heteroatoms. The van der Waals surface area contributed by atoms with Crippen molar-refractivity contribution in [2.75, 3.05) is 19.0 Å². The summed E-state index contributed by atoms with van der Waals surface area (Å²) in [6.45, 7) is 0.120. The second-order valence-corrected chi connectivity index (χ2v) is 4.29. The van der Waals surface area contributed by atoms with Gasteiger partial charge in [0.05, 0.1) is 18.9 Å². The topological polar surface area (TPSA) is 41.5 Å². The number of hydrogen-bond donors (Lipinski definition) is 2. The molecule has 0 amide bonds. The van der Waals surface area contributed by atoms with Crippen molar-refractivity contribution in [1.82, 2.24) is 0 Å². The molecular formula is C15H15F2NO2. The van der Waals surface area contributed by atoms with E-state index >= 15 is 0 Å². The van der Waals surface area contributed by atoms with Gasteiger partial charge in [0.2, 0.25) is 0 Å². The lowest BCUT2D eigenvalue weighted by Crippen LogP contribution is -2.13. The van der Waals surface area contributed by atoms with E-state index in [0.29, 0.717) is 11.3 Å². The van der Waals surface area contributed by atoms with Crippen molar-refractivity contribution >= 4 is 5.69 Å². The van der Waals surface area contributed by atoms with E-state index in [-0.39, 0.29) is 12.2 Å². The molecule has 2 rings (SSSR count). The van der Waals surface area contributed by atoms with Crippen molar-refractivity contribution in [3.63, 3.8) is 0 Å². The smallest absolute Gasteiger partial charge is 0.149 e. The SMILES string of the molecule is COc1ccc(C(O)CNc2ccc(F)cc2F)cc1. The Morgan fingerprint density at radius 3 is 2.45 bits per heavy atom. The van der Waals surface area contributed by atoms with Gasteiger partial charge in [-0.25, -0.2) is 8.78 Å². The van der Waals surface area contributed by atoms with Crippen LogP contribution in [0.25, 0.3) is 0 Å². The first-order valence-electron chi connectivity index (χ1n) is 6.11. The van der Waals surface area contributed by atoms with Gasteiger partial charge in [0, 0.05) is 12.6 Å². The summed E-state index contributed by atoms with van der Waals surface area (Å²) in [5.74, 6) is -0.630. The fourth-order valence-corrected chi connectivity index (χ4v) is 1.78. The number of aliphatic hydroxyl groups is 1. The Balaban J connectivity index is 1.98. The molecule has 2 N–H and O–H groups in total. The Bertz CT molecular complexity index is 573. The third kappa shape index (κ3) is 3.45. The molecule has 2 aromatic rings. The minimum atomic E-state index is -0.801. The Labute approximate surface area is 115 Å². The van der Waals surface area contributed by atoms with Crippen LogP contribution in [0.15, 0.2) is 42.5 Å². The maximum atomic E-state index is 13.4. The summed E-state index contributed by atoms with van der Waals surface area (Å²) in [6.07, 6.45) is -0.801. The highest BCUT2D eigenvalue weighted by molar-refractivity contribution is 5.45. The molecule has 3 nitrogen and oxygen atoms in total. The number of rotatable bonds is 5. The van der Waals surface area contributed by atoms with Crippen molar-refractivity contribution in [2.24, 2.45) is 0 Å². The van der Waals surface area contributed by atoms with Crippen molar-refractivity contribution in [3.05, 3.63) is 59.7 Å². The molecule has 20 heavy (non-hydrogen) atoms. The average molecular weight is 279 g/mol. The van der Waals surface area contributed by atoms with Gasteiger partial charge in [-0.3, -0.25) is 0 Å². The number of methoxy groups -OCH3 is 1. The lowest BCUT2D eigenvalue weighted by molar-refractivity contribution is 0.191. The van der Waals surface area contributed by atoms with Gasteiger partial charge in [-0.2, -0.15) is 0 Å². The van der Waals surface area contributed by atoms with Gasteiger partial charge >= 0.3 is 0 Å². The van der Waals surface area contributed by atoms with Crippen LogP contribution in [-0.4, -0.2) is 18.8 Å². The second-order valence-electron chi connectivity index (χ2n) is 4.29. The van der Waals surface area contributed by atoms with Crippen LogP contribution in [0, 0.1) is 11.6 Å². The van der Waals surface area contributed by atoms with E-state index in [1.54, 1.807) is 31.4 Å². The number of ether oxygens (including phenoxy) is 1. The number of anilines is 1. The van der Waals surface area contributed by atoms with Crippen LogP contribution in [0.3, 0.4) is 0 Å². The summed E-state index contributed by atoms with van der Waals surface area (Å²) in [5, 5.41) is 12.7. The molecule has 1 atom stereocenters. The fraction of sp³-hybridized carbons (Fsp3) is 0.200. The fourth-order valence-electron chi connectivity index (χ4n) is 1.78. The summed E-state index contributed by atoms with van der Waals surface area (Å²) in [7, 11) is 1.56. The largest absolute Gasteiger partial charge is 0.497 e. The normalized spacial score (nSPS) is 12.0. The van der Waals surface area contributed by atoms with Crippen LogP contribution in [0.2, 0.25) is 0 Å². The zero-order chi connectivity index (χ0) is 14.5. The monoisotopic (exact) mass is 279 g/mol. The summed E-state index contributed by atoms with van der Waals surface area (Å²) in [4.78, 5) is 0. The molecule has 0 saturated carbocycles. The van der Waals surface area contributed by atoms with E-state index in [2.05, 4.69) is 5.32 Å². The molecule has 0 heterocycles. The molecular weight excluding hydrogens is 264 g/mol. The second kappa shape index (κ2) is 6.34. The third-order valence-electron chi connectivity index (χ3n) is 2.92. The van der Waals surface area contributed by atoms with Gasteiger partial charge in [-0.15, -0.1) is 0 Å². The van der Waals surface area contributed by atoms with Gasteiger partial charge in [-0.1, -0.05) is 12.1 Å². The third-order valence-corrected chi connectivity index (χ3v) is 2.92. The Morgan fingerprint density at radius 2 is 1.85 bits per heavy atom. The van der Waals surface area contributed by atoms with Crippen LogP contribution < -0.4 is 10.1 Å². The zero-order valence-corrected chi connectivity index (χ0v) is 10.9. The molecule has 0 aliphatic carbocycles. The Kier molecular flexibility index (Phi) is 4.53.